The summed E-state index contributed by atoms with van der Waals surface area (Å²) in [6.07, 6.45) is 0.888. The van der Waals surface area contributed by atoms with Crippen LogP contribution in [-0.2, 0) is 6.54 Å². The van der Waals surface area contributed by atoms with E-state index in [4.69, 9.17) is 11.6 Å². The first-order valence-corrected chi connectivity index (χ1v) is 6.51. The second kappa shape index (κ2) is 6.36. The lowest BCUT2D eigenvalue weighted by Crippen LogP contribution is -2.40. The van der Waals surface area contributed by atoms with Crippen LogP contribution in [0.3, 0.4) is 0 Å². The highest BCUT2D eigenvalue weighted by Crippen LogP contribution is 2.22. The molecule has 0 aliphatic heterocycles. The lowest BCUT2D eigenvalue weighted by Gasteiger charge is -2.31. The number of alkyl halides is 1. The van der Waals surface area contributed by atoms with Gasteiger partial charge in [-0.25, -0.2) is 4.39 Å². The van der Waals surface area contributed by atoms with E-state index in [1.165, 1.54) is 6.07 Å². The van der Waals surface area contributed by atoms with Crippen LogP contribution in [0.5, 0.6) is 0 Å². The van der Waals surface area contributed by atoms with Gasteiger partial charge in [-0.1, -0.05) is 39.0 Å². The van der Waals surface area contributed by atoms with E-state index in [0.717, 1.165) is 6.42 Å². The average molecular weight is 258 g/mol. The van der Waals surface area contributed by atoms with Crippen LogP contribution in [0.4, 0.5) is 4.39 Å². The quantitative estimate of drug-likeness (QED) is 0.788. The van der Waals surface area contributed by atoms with Gasteiger partial charge in [-0.3, -0.25) is 0 Å². The molecule has 1 aromatic rings. The molecule has 1 rings (SSSR count). The maximum Gasteiger partial charge on any atom is 0.127 e. The molecular weight excluding hydrogens is 237 g/mol. The third-order valence-electron chi connectivity index (χ3n) is 2.94. The summed E-state index contributed by atoms with van der Waals surface area (Å²) in [5.74, 6) is 0.463. The molecule has 0 saturated carbocycles. The molecule has 1 atom stereocenters. The highest BCUT2D eigenvalue weighted by Gasteiger charge is 2.23. The molecule has 0 aliphatic rings. The van der Waals surface area contributed by atoms with Crippen LogP contribution in [0.25, 0.3) is 0 Å². The van der Waals surface area contributed by atoms with Gasteiger partial charge in [0, 0.05) is 24.0 Å². The average Bonchev–Trinajstić information content (AvgIpc) is 2.24. The highest BCUT2D eigenvalue weighted by molar-refractivity contribution is 6.17. The van der Waals surface area contributed by atoms with Crippen LogP contribution < -0.4 is 5.32 Å². The molecule has 17 heavy (non-hydrogen) atoms. The Morgan fingerprint density at radius 2 is 1.94 bits per heavy atom. The largest absolute Gasteiger partial charge is 0.309 e. The summed E-state index contributed by atoms with van der Waals surface area (Å²) >= 11 is 5.80. The summed E-state index contributed by atoms with van der Waals surface area (Å²) < 4.78 is 13.5. The molecule has 1 N–H and O–H groups in total. The predicted octanol–water partition coefficient (Wildman–Crippen LogP) is 3.96. The first-order chi connectivity index (χ1) is 7.95. The van der Waals surface area contributed by atoms with Crippen molar-refractivity contribution in [2.75, 3.05) is 5.88 Å². The first-order valence-electron chi connectivity index (χ1n) is 5.98. The molecular formula is C14H21ClFN. The zero-order chi connectivity index (χ0) is 12.9. The van der Waals surface area contributed by atoms with Gasteiger partial charge < -0.3 is 5.32 Å². The summed E-state index contributed by atoms with van der Waals surface area (Å²) in [5.41, 5.74) is 0.830. The van der Waals surface area contributed by atoms with Gasteiger partial charge in [0.2, 0.25) is 0 Å². The fourth-order valence-corrected chi connectivity index (χ4v) is 2.04. The summed E-state index contributed by atoms with van der Waals surface area (Å²) in [6.45, 7) is 7.04. The molecule has 1 unspecified atom stereocenters. The van der Waals surface area contributed by atoms with Crippen LogP contribution in [0.2, 0.25) is 0 Å². The van der Waals surface area contributed by atoms with E-state index in [9.17, 15) is 4.39 Å². The van der Waals surface area contributed by atoms with Crippen LogP contribution in [0, 0.1) is 11.2 Å². The van der Waals surface area contributed by atoms with Crippen molar-refractivity contribution < 1.29 is 4.39 Å². The number of hydrogen-bond acceptors (Lipinski definition) is 1. The van der Waals surface area contributed by atoms with Crippen molar-refractivity contribution in [3.8, 4) is 0 Å². The van der Waals surface area contributed by atoms with Crippen LogP contribution in [-0.4, -0.2) is 11.9 Å². The predicted molar refractivity (Wildman–Crippen MR) is 71.8 cm³/mol. The molecule has 96 valence electrons. The van der Waals surface area contributed by atoms with Gasteiger partial charge in [0.05, 0.1) is 0 Å². The molecule has 0 fully saturated rings. The van der Waals surface area contributed by atoms with Crippen molar-refractivity contribution in [3.63, 3.8) is 0 Å². The van der Waals surface area contributed by atoms with Gasteiger partial charge in [0.15, 0.2) is 0 Å². The Balaban J connectivity index is 2.61. The fourth-order valence-electron chi connectivity index (χ4n) is 1.83. The van der Waals surface area contributed by atoms with Crippen molar-refractivity contribution >= 4 is 11.6 Å². The number of hydrogen-bond donors (Lipinski definition) is 1. The third kappa shape index (κ3) is 4.64. The molecule has 0 heterocycles. The van der Waals surface area contributed by atoms with E-state index in [-0.39, 0.29) is 11.2 Å². The molecule has 1 aromatic carbocycles. The molecule has 0 radical (unpaired) electrons. The molecule has 0 spiro atoms. The van der Waals surface area contributed by atoms with E-state index in [1.807, 2.05) is 12.1 Å². The van der Waals surface area contributed by atoms with Crippen molar-refractivity contribution in [2.45, 2.75) is 39.8 Å². The minimum atomic E-state index is -0.154. The standard InChI is InChI=1S/C14H21ClFN/c1-14(2,3)13(8-9-15)17-10-11-6-4-5-7-12(11)16/h4-7,13,17H,8-10H2,1-3H3. The van der Waals surface area contributed by atoms with Crippen molar-refractivity contribution in [2.24, 2.45) is 5.41 Å². The van der Waals surface area contributed by atoms with Crippen molar-refractivity contribution in [1.29, 1.82) is 0 Å². The van der Waals surface area contributed by atoms with E-state index < -0.39 is 0 Å². The fraction of sp³-hybridized carbons (Fsp3) is 0.571. The van der Waals surface area contributed by atoms with E-state index in [2.05, 4.69) is 26.1 Å². The zero-order valence-electron chi connectivity index (χ0n) is 10.8. The number of benzene rings is 1. The third-order valence-corrected chi connectivity index (χ3v) is 3.16. The van der Waals surface area contributed by atoms with E-state index in [0.29, 0.717) is 24.0 Å². The molecule has 0 aromatic heterocycles. The minimum absolute atomic E-state index is 0.125. The highest BCUT2D eigenvalue weighted by atomic mass is 35.5. The maximum absolute atomic E-state index is 13.5. The number of nitrogens with one attached hydrogen (secondary N) is 1. The monoisotopic (exact) mass is 257 g/mol. The second-order valence-electron chi connectivity index (χ2n) is 5.37. The molecule has 0 bridgehead atoms. The zero-order valence-corrected chi connectivity index (χ0v) is 11.5. The summed E-state index contributed by atoms with van der Waals surface area (Å²) in [7, 11) is 0. The Labute approximate surface area is 108 Å². The van der Waals surface area contributed by atoms with Crippen molar-refractivity contribution in [1.82, 2.24) is 5.32 Å². The molecule has 3 heteroatoms. The Morgan fingerprint density at radius 1 is 1.29 bits per heavy atom. The van der Waals surface area contributed by atoms with Crippen molar-refractivity contribution in [3.05, 3.63) is 35.6 Å². The maximum atomic E-state index is 13.5. The Hall–Kier alpha value is -0.600. The molecule has 0 saturated heterocycles. The van der Waals surface area contributed by atoms with Gasteiger partial charge in [-0.15, -0.1) is 11.6 Å². The van der Waals surface area contributed by atoms with Gasteiger partial charge >= 0.3 is 0 Å². The summed E-state index contributed by atoms with van der Waals surface area (Å²) in [5, 5.41) is 3.39. The Bertz CT molecular complexity index is 346. The van der Waals surface area contributed by atoms with Crippen LogP contribution in [0.1, 0.15) is 32.8 Å². The topological polar surface area (TPSA) is 12.0 Å². The molecule has 0 aliphatic carbocycles. The molecule has 0 amide bonds. The summed E-state index contributed by atoms with van der Waals surface area (Å²) in [4.78, 5) is 0. The lowest BCUT2D eigenvalue weighted by atomic mass is 9.85. The van der Waals surface area contributed by atoms with Gasteiger partial charge in [-0.05, 0) is 17.9 Å². The lowest BCUT2D eigenvalue weighted by molar-refractivity contribution is 0.259. The van der Waals surface area contributed by atoms with Crippen LogP contribution in [0.15, 0.2) is 24.3 Å². The van der Waals surface area contributed by atoms with Gasteiger partial charge in [-0.2, -0.15) is 0 Å². The van der Waals surface area contributed by atoms with Gasteiger partial charge in [0.25, 0.3) is 0 Å². The summed E-state index contributed by atoms with van der Waals surface area (Å²) in [6, 6.07) is 7.15. The van der Waals surface area contributed by atoms with Crippen LogP contribution >= 0.6 is 11.6 Å². The van der Waals surface area contributed by atoms with E-state index >= 15 is 0 Å². The van der Waals surface area contributed by atoms with E-state index in [1.54, 1.807) is 6.07 Å². The minimum Gasteiger partial charge on any atom is -0.309 e. The molecule has 1 nitrogen and oxygen atoms in total. The second-order valence-corrected chi connectivity index (χ2v) is 5.75. The number of rotatable bonds is 5. The Kier molecular flexibility index (Phi) is 5.41. The normalized spacial score (nSPS) is 13.7. The smallest absolute Gasteiger partial charge is 0.127 e. The first kappa shape index (κ1) is 14.5. The van der Waals surface area contributed by atoms with Gasteiger partial charge in [0.1, 0.15) is 5.82 Å². The SMILES string of the molecule is CC(C)(C)C(CCCl)NCc1ccccc1F. The Morgan fingerprint density at radius 3 is 2.47 bits per heavy atom. The number of halogens is 2.